The molecule has 158 valence electrons. The summed E-state index contributed by atoms with van der Waals surface area (Å²) in [5.41, 5.74) is 3.72. The Kier molecular flexibility index (Phi) is 5.10. The number of benzene rings is 2. The lowest BCUT2D eigenvalue weighted by molar-refractivity contribution is -0.136. The van der Waals surface area contributed by atoms with Crippen LogP contribution in [0.5, 0.6) is 0 Å². The summed E-state index contributed by atoms with van der Waals surface area (Å²) in [7, 11) is 0. The maximum absolute atomic E-state index is 13.6. The molecule has 0 aliphatic heterocycles. The maximum atomic E-state index is 13.6. The van der Waals surface area contributed by atoms with Crippen LogP contribution in [-0.2, 0) is 19.0 Å². The lowest BCUT2D eigenvalue weighted by atomic mass is 9.89. The van der Waals surface area contributed by atoms with E-state index in [2.05, 4.69) is 33.5 Å². The minimum absolute atomic E-state index is 0.0241. The van der Waals surface area contributed by atoms with Crippen molar-refractivity contribution < 1.29 is 13.2 Å². The number of halogens is 4. The number of rotatable bonds is 3. The first kappa shape index (κ1) is 20.3. The van der Waals surface area contributed by atoms with Crippen molar-refractivity contribution in [1.82, 2.24) is 9.97 Å². The van der Waals surface area contributed by atoms with Crippen LogP contribution in [0.3, 0.4) is 0 Å². The summed E-state index contributed by atoms with van der Waals surface area (Å²) < 4.78 is 40.7. The van der Waals surface area contributed by atoms with Crippen molar-refractivity contribution >= 4 is 44.7 Å². The van der Waals surface area contributed by atoms with Crippen LogP contribution in [0.15, 0.2) is 48.1 Å². The van der Waals surface area contributed by atoms with E-state index in [0.717, 1.165) is 30.0 Å². The van der Waals surface area contributed by atoms with Crippen LogP contribution in [0.4, 0.5) is 24.7 Å². The third kappa shape index (κ3) is 3.88. The second-order valence-corrected chi connectivity index (χ2v) is 8.85. The molecule has 2 heterocycles. The average molecular weight is 460 g/mol. The van der Waals surface area contributed by atoms with Gasteiger partial charge in [0.05, 0.1) is 16.6 Å². The van der Waals surface area contributed by atoms with E-state index in [4.69, 9.17) is 11.6 Å². The minimum atomic E-state index is -4.55. The molecule has 8 heteroatoms. The van der Waals surface area contributed by atoms with Crippen LogP contribution < -0.4 is 5.32 Å². The smallest absolute Gasteiger partial charge is 0.339 e. The molecule has 1 aliphatic carbocycles. The van der Waals surface area contributed by atoms with Gasteiger partial charge in [-0.25, -0.2) is 9.97 Å². The Morgan fingerprint density at radius 1 is 0.968 bits per heavy atom. The molecule has 0 spiro atoms. The van der Waals surface area contributed by atoms with E-state index < -0.39 is 11.7 Å². The number of hydrogen-bond acceptors (Lipinski definition) is 4. The van der Waals surface area contributed by atoms with E-state index >= 15 is 0 Å². The molecule has 0 radical (unpaired) electrons. The molecule has 0 atom stereocenters. The van der Waals surface area contributed by atoms with Crippen LogP contribution in [0, 0.1) is 0 Å². The molecular formula is C23H17ClF3N3S. The number of thiophene rings is 1. The van der Waals surface area contributed by atoms with Gasteiger partial charge in [-0.05, 0) is 60.6 Å². The minimum Gasteiger partial charge on any atom is -0.339 e. The lowest BCUT2D eigenvalue weighted by Crippen LogP contribution is -2.09. The molecule has 0 amide bonds. The molecule has 0 fully saturated rings. The van der Waals surface area contributed by atoms with E-state index in [1.54, 1.807) is 0 Å². The van der Waals surface area contributed by atoms with E-state index in [9.17, 15) is 13.2 Å². The Balaban J connectivity index is 1.62. The zero-order valence-corrected chi connectivity index (χ0v) is 17.8. The van der Waals surface area contributed by atoms with Crippen LogP contribution in [0.1, 0.15) is 29.5 Å². The predicted molar refractivity (Wildman–Crippen MR) is 119 cm³/mol. The fourth-order valence-corrected chi connectivity index (χ4v) is 5.16. The standard InChI is InChI=1S/C23H17ClF3N3S/c24-16-7-8-19(18(10-16)23(25,26)27)30-21-20-17(11-31-22(20)29-12-28-21)15-6-5-13-3-1-2-4-14(13)9-15/h5-12H,1-4H2,(H,28,29,30). The van der Waals surface area contributed by atoms with Gasteiger partial charge in [-0.3, -0.25) is 0 Å². The Hall–Kier alpha value is -2.64. The first-order valence-electron chi connectivity index (χ1n) is 9.88. The van der Waals surface area contributed by atoms with Gasteiger partial charge in [0, 0.05) is 16.0 Å². The quantitative estimate of drug-likeness (QED) is 0.342. The van der Waals surface area contributed by atoms with Crippen molar-refractivity contribution in [2.24, 2.45) is 0 Å². The monoisotopic (exact) mass is 459 g/mol. The zero-order valence-electron chi connectivity index (χ0n) is 16.3. The molecule has 0 bridgehead atoms. The van der Waals surface area contributed by atoms with E-state index in [1.807, 2.05) is 5.38 Å². The highest BCUT2D eigenvalue weighted by atomic mass is 35.5. The Labute approximate surface area is 185 Å². The second-order valence-electron chi connectivity index (χ2n) is 7.56. The molecule has 4 aromatic rings. The highest BCUT2D eigenvalue weighted by molar-refractivity contribution is 7.17. The number of hydrogen-bond donors (Lipinski definition) is 1. The summed E-state index contributed by atoms with van der Waals surface area (Å²) in [5, 5.41) is 5.61. The first-order chi connectivity index (χ1) is 14.9. The van der Waals surface area contributed by atoms with Crippen molar-refractivity contribution in [3.05, 3.63) is 69.8 Å². The molecule has 0 saturated heterocycles. The lowest BCUT2D eigenvalue weighted by Gasteiger charge is -2.17. The topological polar surface area (TPSA) is 37.8 Å². The number of nitrogens with zero attached hydrogens (tertiary/aromatic N) is 2. The summed E-state index contributed by atoms with van der Waals surface area (Å²) in [4.78, 5) is 9.32. The molecule has 2 aromatic heterocycles. The van der Waals surface area contributed by atoms with Gasteiger partial charge in [0.2, 0.25) is 0 Å². The molecule has 3 nitrogen and oxygen atoms in total. The molecule has 0 saturated carbocycles. The summed E-state index contributed by atoms with van der Waals surface area (Å²) in [5.74, 6) is 0.340. The zero-order chi connectivity index (χ0) is 21.6. The van der Waals surface area contributed by atoms with Crippen molar-refractivity contribution in [3.8, 4) is 11.1 Å². The van der Waals surface area contributed by atoms with Crippen LogP contribution in [0.25, 0.3) is 21.3 Å². The molecule has 2 aromatic carbocycles. The number of aromatic nitrogens is 2. The highest BCUT2D eigenvalue weighted by Gasteiger charge is 2.34. The van der Waals surface area contributed by atoms with Crippen molar-refractivity contribution in [1.29, 1.82) is 0 Å². The molecule has 31 heavy (non-hydrogen) atoms. The van der Waals surface area contributed by atoms with E-state index in [0.29, 0.717) is 16.0 Å². The SMILES string of the molecule is FC(F)(F)c1cc(Cl)ccc1Nc1ncnc2scc(-c3ccc4c(c3)CCCC4)c12. The normalized spacial score (nSPS) is 13.9. The first-order valence-corrected chi connectivity index (χ1v) is 11.1. The van der Waals surface area contributed by atoms with Gasteiger partial charge < -0.3 is 5.32 Å². The number of nitrogens with one attached hydrogen (secondary N) is 1. The number of alkyl halides is 3. The average Bonchev–Trinajstić information content (AvgIpc) is 3.19. The third-order valence-corrected chi connectivity index (χ3v) is 6.69. The van der Waals surface area contributed by atoms with Crippen molar-refractivity contribution in [2.45, 2.75) is 31.9 Å². The van der Waals surface area contributed by atoms with Crippen molar-refractivity contribution in [2.75, 3.05) is 5.32 Å². The van der Waals surface area contributed by atoms with E-state index in [1.165, 1.54) is 53.8 Å². The van der Waals surface area contributed by atoms with Crippen LogP contribution >= 0.6 is 22.9 Å². The maximum Gasteiger partial charge on any atom is 0.418 e. The number of aryl methyl sites for hydroxylation is 2. The Morgan fingerprint density at radius 3 is 2.58 bits per heavy atom. The summed E-state index contributed by atoms with van der Waals surface area (Å²) in [6.45, 7) is 0. The van der Waals surface area contributed by atoms with Gasteiger partial charge >= 0.3 is 6.18 Å². The molecule has 5 rings (SSSR count). The molecular weight excluding hydrogens is 443 g/mol. The summed E-state index contributed by atoms with van der Waals surface area (Å²) >= 11 is 7.26. The third-order valence-electron chi connectivity index (χ3n) is 5.57. The van der Waals surface area contributed by atoms with Gasteiger partial charge in [-0.15, -0.1) is 11.3 Å². The van der Waals surface area contributed by atoms with Gasteiger partial charge in [-0.2, -0.15) is 13.2 Å². The molecule has 0 unspecified atom stereocenters. The fraction of sp³-hybridized carbons (Fsp3) is 0.217. The van der Waals surface area contributed by atoms with Gasteiger partial charge in [0.1, 0.15) is 17.0 Å². The summed E-state index contributed by atoms with van der Waals surface area (Å²) in [6.07, 6.45) is 1.33. The second kappa shape index (κ2) is 7.80. The van der Waals surface area contributed by atoms with Gasteiger partial charge in [-0.1, -0.05) is 29.8 Å². The molecule has 1 aliphatic rings. The highest BCUT2D eigenvalue weighted by Crippen LogP contribution is 2.41. The predicted octanol–water partition coefficient (Wildman–Crippen LogP) is 7.65. The van der Waals surface area contributed by atoms with E-state index in [-0.39, 0.29) is 10.7 Å². The number of anilines is 2. The Bertz CT molecular complexity index is 1280. The number of fused-ring (bicyclic) bond motifs is 2. The molecule has 1 N–H and O–H groups in total. The van der Waals surface area contributed by atoms with Crippen LogP contribution in [0.2, 0.25) is 5.02 Å². The van der Waals surface area contributed by atoms with Gasteiger partial charge in [0.15, 0.2) is 0 Å². The fourth-order valence-electron chi connectivity index (χ4n) is 4.07. The Morgan fingerprint density at radius 2 is 1.77 bits per heavy atom. The largest absolute Gasteiger partial charge is 0.418 e. The van der Waals surface area contributed by atoms with Crippen molar-refractivity contribution in [3.63, 3.8) is 0 Å². The van der Waals surface area contributed by atoms with Gasteiger partial charge in [0.25, 0.3) is 0 Å². The summed E-state index contributed by atoms with van der Waals surface area (Å²) in [6, 6.07) is 10.1. The van der Waals surface area contributed by atoms with Crippen LogP contribution in [-0.4, -0.2) is 9.97 Å².